The average Bonchev–Trinajstić information content (AvgIpc) is 2.86. The number of aryl methyl sites for hydroxylation is 1. The number of ether oxygens (including phenoxy) is 1. The number of fused-ring (bicyclic) bond motifs is 1. The average molecular weight is 272 g/mol. The molecule has 0 aliphatic carbocycles. The van der Waals surface area contributed by atoms with E-state index in [0.717, 1.165) is 18.4 Å². The van der Waals surface area contributed by atoms with E-state index in [1.807, 2.05) is 30.3 Å². The molecule has 0 aliphatic heterocycles. The minimum Gasteiger partial charge on any atom is -0.494 e. The van der Waals surface area contributed by atoms with Gasteiger partial charge < -0.3 is 9.15 Å². The predicted octanol–water partition coefficient (Wildman–Crippen LogP) is 3.37. The molecule has 3 rings (SSSR count). The largest absolute Gasteiger partial charge is 0.494 e. The number of aromatic nitrogens is 2. The van der Waals surface area contributed by atoms with Crippen molar-refractivity contribution in [3.63, 3.8) is 0 Å². The zero-order valence-corrected chi connectivity index (χ0v) is 10.8. The second kappa shape index (κ2) is 5.69. The van der Waals surface area contributed by atoms with E-state index in [1.165, 1.54) is 6.07 Å². The Hall–Kier alpha value is -2.43. The molecule has 102 valence electrons. The van der Waals surface area contributed by atoms with E-state index in [9.17, 15) is 4.39 Å². The fourth-order valence-electron chi connectivity index (χ4n) is 1.88. The minimum absolute atomic E-state index is 0.366. The molecule has 2 aromatic heterocycles. The molecule has 0 amide bonds. The Labute approximate surface area is 115 Å². The van der Waals surface area contributed by atoms with Gasteiger partial charge in [-0.15, -0.1) is 0 Å². The van der Waals surface area contributed by atoms with Gasteiger partial charge >= 0.3 is 0 Å². The van der Waals surface area contributed by atoms with Crippen LogP contribution in [-0.4, -0.2) is 16.6 Å². The van der Waals surface area contributed by atoms with Crippen LogP contribution in [0.15, 0.2) is 47.0 Å². The highest BCUT2D eigenvalue weighted by molar-refractivity contribution is 5.67. The van der Waals surface area contributed by atoms with Crippen molar-refractivity contribution in [2.24, 2.45) is 0 Å². The maximum atomic E-state index is 13.0. The summed E-state index contributed by atoms with van der Waals surface area (Å²) in [5.41, 5.74) is 0.814. The smallest absolute Gasteiger partial charge is 0.247 e. The summed E-state index contributed by atoms with van der Waals surface area (Å²) < 4.78 is 24.0. The fraction of sp³-hybridized carbons (Fsp3) is 0.200. The van der Waals surface area contributed by atoms with Gasteiger partial charge in [-0.2, -0.15) is 0 Å². The molecule has 1 aromatic carbocycles. The zero-order valence-electron chi connectivity index (χ0n) is 10.8. The van der Waals surface area contributed by atoms with E-state index >= 15 is 0 Å². The Morgan fingerprint density at radius 3 is 2.90 bits per heavy atom. The van der Waals surface area contributed by atoms with Crippen molar-refractivity contribution in [1.82, 2.24) is 9.97 Å². The van der Waals surface area contributed by atoms with Crippen LogP contribution in [0.1, 0.15) is 12.3 Å². The van der Waals surface area contributed by atoms with Gasteiger partial charge in [0.15, 0.2) is 5.89 Å². The van der Waals surface area contributed by atoms with Crippen molar-refractivity contribution >= 4 is 11.2 Å². The number of hydrogen-bond acceptors (Lipinski definition) is 4. The third-order valence-electron chi connectivity index (χ3n) is 2.81. The van der Waals surface area contributed by atoms with E-state index in [2.05, 4.69) is 9.97 Å². The van der Waals surface area contributed by atoms with Crippen LogP contribution >= 0.6 is 0 Å². The van der Waals surface area contributed by atoms with Gasteiger partial charge in [0.05, 0.1) is 12.8 Å². The summed E-state index contributed by atoms with van der Waals surface area (Å²) in [5, 5.41) is 0. The molecule has 0 N–H and O–H groups in total. The highest BCUT2D eigenvalue weighted by atomic mass is 19.1. The molecular formula is C15H13FN2O2. The lowest BCUT2D eigenvalue weighted by molar-refractivity contribution is 0.305. The lowest BCUT2D eigenvalue weighted by atomic mass is 10.3. The molecule has 0 saturated heterocycles. The summed E-state index contributed by atoms with van der Waals surface area (Å²) in [6.45, 7) is 0.574. The molecule has 0 radical (unpaired) electrons. The van der Waals surface area contributed by atoms with Crippen LogP contribution in [0.25, 0.3) is 11.2 Å². The van der Waals surface area contributed by atoms with E-state index < -0.39 is 5.82 Å². The molecule has 0 unspecified atom stereocenters. The lowest BCUT2D eigenvalue weighted by Gasteiger charge is -2.03. The summed E-state index contributed by atoms with van der Waals surface area (Å²) in [7, 11) is 0. The second-order valence-electron chi connectivity index (χ2n) is 4.35. The Bertz CT molecular complexity index is 697. The second-order valence-corrected chi connectivity index (χ2v) is 4.35. The van der Waals surface area contributed by atoms with Gasteiger partial charge in [0.1, 0.15) is 17.1 Å². The van der Waals surface area contributed by atoms with Gasteiger partial charge in [0.2, 0.25) is 5.71 Å². The van der Waals surface area contributed by atoms with Gasteiger partial charge in [0.25, 0.3) is 0 Å². The molecule has 0 aliphatic rings. The molecule has 20 heavy (non-hydrogen) atoms. The number of oxazole rings is 1. The topological polar surface area (TPSA) is 48.2 Å². The standard InChI is InChI=1S/C15H13FN2O2/c16-11-9-13-15(17-10-11)20-14(18-13)7-4-8-19-12-5-2-1-3-6-12/h1-3,5-6,9-10H,4,7-8H2. The SMILES string of the molecule is Fc1cnc2oc(CCCOc3ccccc3)nc2c1. The molecule has 0 atom stereocenters. The van der Waals surface area contributed by atoms with Crippen LogP contribution in [-0.2, 0) is 6.42 Å². The lowest BCUT2D eigenvalue weighted by Crippen LogP contribution is -1.99. The summed E-state index contributed by atoms with van der Waals surface area (Å²) in [5.74, 6) is 0.980. The van der Waals surface area contributed by atoms with Crippen LogP contribution in [0.5, 0.6) is 5.75 Å². The van der Waals surface area contributed by atoms with Gasteiger partial charge in [-0.05, 0) is 18.6 Å². The predicted molar refractivity (Wildman–Crippen MR) is 72.0 cm³/mol. The number of halogens is 1. The molecule has 2 heterocycles. The Morgan fingerprint density at radius 2 is 2.05 bits per heavy atom. The number of rotatable bonds is 5. The Balaban J connectivity index is 1.55. The van der Waals surface area contributed by atoms with Gasteiger partial charge in [-0.3, -0.25) is 0 Å². The van der Waals surface area contributed by atoms with Crippen molar-refractivity contribution in [2.75, 3.05) is 6.61 Å². The Morgan fingerprint density at radius 1 is 1.20 bits per heavy atom. The van der Waals surface area contributed by atoms with Crippen molar-refractivity contribution in [1.29, 1.82) is 0 Å². The molecule has 0 bridgehead atoms. The maximum absolute atomic E-state index is 13.0. The fourth-order valence-corrected chi connectivity index (χ4v) is 1.88. The number of pyridine rings is 1. The summed E-state index contributed by atoms with van der Waals surface area (Å²) >= 11 is 0. The minimum atomic E-state index is -0.412. The first kappa shape index (κ1) is 12.6. The highest BCUT2D eigenvalue weighted by Crippen LogP contribution is 2.15. The monoisotopic (exact) mass is 272 g/mol. The van der Waals surface area contributed by atoms with Gasteiger partial charge in [-0.1, -0.05) is 18.2 Å². The maximum Gasteiger partial charge on any atom is 0.247 e. The third kappa shape index (κ3) is 2.93. The number of nitrogens with zero attached hydrogens (tertiary/aromatic N) is 2. The van der Waals surface area contributed by atoms with Gasteiger partial charge in [-0.25, -0.2) is 14.4 Å². The molecule has 4 nitrogen and oxygen atoms in total. The van der Waals surface area contributed by atoms with Gasteiger partial charge in [0, 0.05) is 12.5 Å². The first-order valence-electron chi connectivity index (χ1n) is 6.40. The molecule has 5 heteroatoms. The highest BCUT2D eigenvalue weighted by Gasteiger charge is 2.07. The van der Waals surface area contributed by atoms with Crippen LogP contribution in [0, 0.1) is 5.82 Å². The van der Waals surface area contributed by atoms with E-state index in [0.29, 0.717) is 30.1 Å². The number of para-hydroxylation sites is 1. The van der Waals surface area contributed by atoms with Crippen LogP contribution in [0.2, 0.25) is 0 Å². The molecule has 0 fully saturated rings. The van der Waals surface area contributed by atoms with E-state index in [4.69, 9.17) is 9.15 Å². The Kier molecular flexibility index (Phi) is 3.58. The quantitative estimate of drug-likeness (QED) is 0.668. The third-order valence-corrected chi connectivity index (χ3v) is 2.81. The van der Waals surface area contributed by atoms with E-state index in [-0.39, 0.29) is 0 Å². The van der Waals surface area contributed by atoms with E-state index in [1.54, 1.807) is 0 Å². The van der Waals surface area contributed by atoms with Crippen LogP contribution < -0.4 is 4.74 Å². The number of hydrogen-bond donors (Lipinski definition) is 0. The van der Waals surface area contributed by atoms with Crippen molar-refractivity contribution in [3.05, 3.63) is 54.3 Å². The van der Waals surface area contributed by atoms with Crippen molar-refractivity contribution in [2.45, 2.75) is 12.8 Å². The zero-order chi connectivity index (χ0) is 13.8. The first-order valence-corrected chi connectivity index (χ1v) is 6.40. The summed E-state index contributed by atoms with van der Waals surface area (Å²) in [6.07, 6.45) is 2.52. The van der Waals surface area contributed by atoms with Crippen LogP contribution in [0.4, 0.5) is 4.39 Å². The van der Waals surface area contributed by atoms with Crippen molar-refractivity contribution in [3.8, 4) is 5.75 Å². The summed E-state index contributed by atoms with van der Waals surface area (Å²) in [6, 6.07) is 10.9. The molecule has 0 saturated carbocycles. The first-order chi connectivity index (χ1) is 9.81. The van der Waals surface area contributed by atoms with Crippen molar-refractivity contribution < 1.29 is 13.5 Å². The number of benzene rings is 1. The summed E-state index contributed by atoms with van der Waals surface area (Å²) in [4.78, 5) is 8.04. The molecular weight excluding hydrogens is 259 g/mol. The molecule has 0 spiro atoms. The van der Waals surface area contributed by atoms with Crippen LogP contribution in [0.3, 0.4) is 0 Å². The molecule has 3 aromatic rings. The normalized spacial score (nSPS) is 10.8.